The standard InChI is InChI=1S/C40H33BN2O2/c1-22-11-12-25-9-7-8-10-28(25)36(22)41-29-17-15-27(40(4,5)6)21-31(29)42-37-30(41)16-13-26-14-18-33-38(35(26)37)43(39(42)44)32-19-23(2)24(3)20-34(32)45-33/h7-21H,1-6H3. The zero-order chi connectivity index (χ0) is 30.9. The smallest absolute Gasteiger partial charge is 0.338 e. The molecule has 0 N–H and O–H groups in total. The number of aryl methyl sites for hydroxylation is 3. The highest BCUT2D eigenvalue weighted by atomic mass is 16.3. The number of nitrogens with zero attached hydrogens (tertiary/aromatic N) is 2. The summed E-state index contributed by atoms with van der Waals surface area (Å²) in [5, 5.41) is 4.62. The summed E-state index contributed by atoms with van der Waals surface area (Å²) in [6.07, 6.45) is 0. The van der Waals surface area contributed by atoms with E-state index in [9.17, 15) is 0 Å². The zero-order valence-electron chi connectivity index (χ0n) is 26.4. The SMILES string of the molecule is Cc1cc2oc3ccc4ccc5c6c4c3-n(c(=O)n6-c3cc(C(C)(C)C)ccc3B5c3c(C)ccc4ccccc34)c2cc1C. The molecule has 4 nitrogen and oxygen atoms in total. The van der Waals surface area contributed by atoms with E-state index in [0.717, 1.165) is 55.2 Å². The summed E-state index contributed by atoms with van der Waals surface area (Å²) in [4.78, 5) is 15.2. The Labute approximate surface area is 261 Å². The summed E-state index contributed by atoms with van der Waals surface area (Å²) in [5.74, 6) is 0. The van der Waals surface area contributed by atoms with Gasteiger partial charge in [0.2, 0.25) is 6.71 Å². The molecule has 45 heavy (non-hydrogen) atoms. The first-order valence-electron chi connectivity index (χ1n) is 15.8. The molecule has 6 aromatic carbocycles. The molecule has 0 unspecified atom stereocenters. The van der Waals surface area contributed by atoms with Gasteiger partial charge in [0.15, 0.2) is 11.2 Å². The lowest BCUT2D eigenvalue weighted by atomic mass is 9.34. The van der Waals surface area contributed by atoms with Gasteiger partial charge in [0.1, 0.15) is 5.69 Å². The number of benzene rings is 6. The first kappa shape index (κ1) is 26.4. The molecule has 5 heteroatoms. The first-order chi connectivity index (χ1) is 21.6. The van der Waals surface area contributed by atoms with Crippen molar-refractivity contribution in [1.82, 2.24) is 9.13 Å². The van der Waals surface area contributed by atoms with Crippen LogP contribution in [0.25, 0.3) is 55.1 Å². The largest absolute Gasteiger partial charge is 0.453 e. The molecule has 0 aliphatic carbocycles. The van der Waals surface area contributed by atoms with Crippen molar-refractivity contribution in [3.63, 3.8) is 0 Å². The molecule has 0 fully saturated rings. The van der Waals surface area contributed by atoms with Gasteiger partial charge in [-0.1, -0.05) is 98.5 Å². The summed E-state index contributed by atoms with van der Waals surface area (Å²) in [6.45, 7) is 13.1. The molecule has 3 heterocycles. The molecule has 0 atom stereocenters. The van der Waals surface area contributed by atoms with Gasteiger partial charge in [-0.3, -0.25) is 9.13 Å². The van der Waals surface area contributed by atoms with Gasteiger partial charge >= 0.3 is 5.69 Å². The van der Waals surface area contributed by atoms with E-state index in [2.05, 4.69) is 126 Å². The second kappa shape index (κ2) is 8.79. The third kappa shape index (κ3) is 3.47. The normalized spacial score (nSPS) is 13.2. The zero-order valence-corrected chi connectivity index (χ0v) is 26.4. The summed E-state index contributed by atoms with van der Waals surface area (Å²) in [7, 11) is 0. The van der Waals surface area contributed by atoms with Gasteiger partial charge in [-0.05, 0) is 94.2 Å². The van der Waals surface area contributed by atoms with Gasteiger partial charge in [0.25, 0.3) is 0 Å². The fourth-order valence-corrected chi connectivity index (χ4v) is 7.76. The maximum absolute atomic E-state index is 15.2. The van der Waals surface area contributed by atoms with Crippen molar-refractivity contribution in [3.05, 3.63) is 124 Å². The van der Waals surface area contributed by atoms with Crippen molar-refractivity contribution in [2.24, 2.45) is 0 Å². The number of hydrogen-bond donors (Lipinski definition) is 0. The van der Waals surface area contributed by atoms with E-state index in [-0.39, 0.29) is 17.8 Å². The average Bonchev–Trinajstić information content (AvgIpc) is 3.02. The van der Waals surface area contributed by atoms with Crippen molar-refractivity contribution in [2.45, 2.75) is 47.0 Å². The fourth-order valence-electron chi connectivity index (χ4n) is 7.76. The van der Waals surface area contributed by atoms with Crippen molar-refractivity contribution < 1.29 is 4.42 Å². The van der Waals surface area contributed by atoms with Crippen LogP contribution < -0.4 is 22.1 Å². The van der Waals surface area contributed by atoms with Crippen LogP contribution in [-0.2, 0) is 5.41 Å². The Morgan fingerprint density at radius 3 is 2.24 bits per heavy atom. The van der Waals surface area contributed by atoms with Crippen molar-refractivity contribution in [1.29, 1.82) is 0 Å². The van der Waals surface area contributed by atoms with Crippen LogP contribution in [0.5, 0.6) is 0 Å². The molecule has 3 aliphatic rings. The number of hydrogen-bond acceptors (Lipinski definition) is 2. The average molecular weight is 585 g/mol. The monoisotopic (exact) mass is 584 g/mol. The second-order valence-corrected chi connectivity index (χ2v) is 13.9. The maximum atomic E-state index is 15.2. The van der Waals surface area contributed by atoms with Gasteiger partial charge < -0.3 is 4.42 Å². The maximum Gasteiger partial charge on any atom is 0.338 e. The predicted molar refractivity (Wildman–Crippen MR) is 189 cm³/mol. The molecular formula is C40H33BN2O2. The van der Waals surface area contributed by atoms with E-state index in [1.54, 1.807) is 0 Å². The lowest BCUT2D eigenvalue weighted by Crippen LogP contribution is -2.59. The van der Waals surface area contributed by atoms with Crippen LogP contribution in [0.15, 0.2) is 100 Å². The predicted octanol–water partition coefficient (Wildman–Crippen LogP) is 7.32. The van der Waals surface area contributed by atoms with Gasteiger partial charge in [-0.2, -0.15) is 0 Å². The van der Waals surface area contributed by atoms with E-state index in [1.165, 1.54) is 27.4 Å². The van der Waals surface area contributed by atoms with Crippen molar-refractivity contribution in [3.8, 4) is 11.4 Å². The van der Waals surface area contributed by atoms with Crippen LogP contribution in [-0.4, -0.2) is 15.8 Å². The van der Waals surface area contributed by atoms with Crippen LogP contribution in [0, 0.1) is 20.8 Å². The van der Waals surface area contributed by atoms with E-state index < -0.39 is 0 Å². The van der Waals surface area contributed by atoms with Crippen LogP contribution in [0.2, 0.25) is 0 Å². The minimum Gasteiger partial charge on any atom is -0.453 e. The molecule has 9 rings (SSSR count). The van der Waals surface area contributed by atoms with Gasteiger partial charge in [-0.25, -0.2) is 4.79 Å². The number of rotatable bonds is 1. The molecule has 0 saturated heterocycles. The third-order valence-corrected chi connectivity index (χ3v) is 10.2. The Bertz CT molecular complexity index is 2590. The van der Waals surface area contributed by atoms with Crippen LogP contribution in [0.3, 0.4) is 0 Å². The van der Waals surface area contributed by atoms with E-state index in [1.807, 2.05) is 15.2 Å². The van der Waals surface area contributed by atoms with Crippen LogP contribution in [0.4, 0.5) is 0 Å². The Kier molecular flexibility index (Phi) is 5.15. The Morgan fingerprint density at radius 2 is 1.42 bits per heavy atom. The number of aromatic nitrogens is 2. The summed E-state index contributed by atoms with van der Waals surface area (Å²) >= 11 is 0. The van der Waals surface area contributed by atoms with Crippen LogP contribution >= 0.6 is 0 Å². The molecule has 6 aromatic rings. The van der Waals surface area contributed by atoms with Crippen LogP contribution in [0.1, 0.15) is 43.0 Å². The second-order valence-electron chi connectivity index (χ2n) is 13.9. The highest BCUT2D eigenvalue weighted by Crippen LogP contribution is 2.38. The minimum absolute atomic E-state index is 0.0485. The summed E-state index contributed by atoms with van der Waals surface area (Å²) in [6, 6.07) is 32.7. The Balaban J connectivity index is 1.55. The molecular weight excluding hydrogens is 551 g/mol. The number of fused-ring (bicyclic) bond motifs is 5. The summed E-state index contributed by atoms with van der Waals surface area (Å²) < 4.78 is 10.5. The molecule has 3 aliphatic heterocycles. The first-order valence-corrected chi connectivity index (χ1v) is 15.8. The summed E-state index contributed by atoms with van der Waals surface area (Å²) in [5.41, 5.74) is 13.1. The molecule has 0 aromatic heterocycles. The van der Waals surface area contributed by atoms with E-state index in [0.29, 0.717) is 11.2 Å². The highest BCUT2D eigenvalue weighted by molar-refractivity contribution is 6.99. The third-order valence-electron chi connectivity index (χ3n) is 10.2. The molecule has 0 saturated carbocycles. The Hall–Kier alpha value is -5.03. The lowest BCUT2D eigenvalue weighted by molar-refractivity contribution is 0.590. The Morgan fingerprint density at radius 1 is 0.689 bits per heavy atom. The van der Waals surface area contributed by atoms with Gasteiger partial charge in [-0.15, -0.1) is 0 Å². The van der Waals surface area contributed by atoms with E-state index in [4.69, 9.17) is 4.42 Å². The molecule has 0 spiro atoms. The molecule has 0 amide bonds. The highest BCUT2D eigenvalue weighted by Gasteiger charge is 2.38. The van der Waals surface area contributed by atoms with Crippen molar-refractivity contribution >= 4 is 66.8 Å². The van der Waals surface area contributed by atoms with Crippen molar-refractivity contribution in [2.75, 3.05) is 0 Å². The minimum atomic E-state index is -0.0870. The molecule has 0 radical (unpaired) electrons. The molecule has 218 valence electrons. The molecule has 0 bridgehead atoms. The fraction of sp³-hybridized carbons (Fsp3) is 0.175. The van der Waals surface area contributed by atoms with Gasteiger partial charge in [0, 0.05) is 11.1 Å². The quantitative estimate of drug-likeness (QED) is 0.115. The lowest BCUT2D eigenvalue weighted by Gasteiger charge is -2.33. The van der Waals surface area contributed by atoms with E-state index >= 15 is 4.79 Å². The van der Waals surface area contributed by atoms with Gasteiger partial charge in [0.05, 0.1) is 11.0 Å². The topological polar surface area (TPSA) is 40.1 Å².